The van der Waals surface area contributed by atoms with Gasteiger partial charge in [-0.1, -0.05) is 0 Å². The molecule has 1 saturated heterocycles. The number of hydrogen-bond acceptors (Lipinski definition) is 11. The van der Waals surface area contributed by atoms with Crippen LogP contribution >= 0.6 is 19.5 Å². The van der Waals surface area contributed by atoms with Gasteiger partial charge in [0.15, 0.2) is 17.7 Å². The third-order valence-electron chi connectivity index (χ3n) is 5.87. The Hall–Kier alpha value is -2.71. The van der Waals surface area contributed by atoms with Gasteiger partial charge in [0, 0.05) is 18.2 Å². The molecule has 3 heterocycles. The zero-order chi connectivity index (χ0) is 28.5. The van der Waals surface area contributed by atoms with Gasteiger partial charge in [-0.05, 0) is 39.0 Å². The first kappa shape index (κ1) is 29.3. The molecule has 4 N–H and O–H groups in total. The summed E-state index contributed by atoms with van der Waals surface area (Å²) in [6.07, 6.45) is -2.41. The van der Waals surface area contributed by atoms with Gasteiger partial charge in [-0.3, -0.25) is 13.9 Å². The minimum absolute atomic E-state index is 0.00419. The number of thioether (sulfide) groups is 1. The van der Waals surface area contributed by atoms with Crippen molar-refractivity contribution in [1.82, 2.24) is 14.6 Å². The number of benzene rings is 1. The predicted octanol–water partition coefficient (Wildman–Crippen LogP) is 2.35. The average molecular weight is 591 g/mol. The van der Waals surface area contributed by atoms with Crippen molar-refractivity contribution in [3.8, 4) is 11.5 Å². The van der Waals surface area contributed by atoms with E-state index in [0.29, 0.717) is 5.56 Å². The van der Waals surface area contributed by atoms with E-state index in [0.717, 1.165) is 22.4 Å². The first-order valence-electron chi connectivity index (χ1n) is 12.1. The third-order valence-corrected chi connectivity index (χ3v) is 9.03. The van der Waals surface area contributed by atoms with Crippen molar-refractivity contribution in [2.45, 2.75) is 62.2 Å². The summed E-state index contributed by atoms with van der Waals surface area (Å²) >= 11 is 0.869. The number of anilines is 1. The van der Waals surface area contributed by atoms with Gasteiger partial charge in [-0.25, -0.2) is 18.1 Å². The minimum Gasteiger partial charge on any atom is -0.490 e. The van der Waals surface area contributed by atoms with E-state index in [9.17, 15) is 23.7 Å². The number of nitrogen functional groups attached to an aromatic ring is 1. The zero-order valence-electron chi connectivity index (χ0n) is 21.3. The molecule has 0 aliphatic carbocycles. The number of alkyl halides is 1. The van der Waals surface area contributed by atoms with Crippen LogP contribution in [-0.4, -0.2) is 63.5 Å². The fraction of sp³-hybridized carbons (Fsp3) is 0.522. The number of esters is 1. The first-order valence-corrected chi connectivity index (χ1v) is 14.6. The third kappa shape index (κ3) is 6.55. The van der Waals surface area contributed by atoms with Gasteiger partial charge in [-0.15, -0.1) is 11.8 Å². The molecule has 0 radical (unpaired) electrons. The monoisotopic (exact) mass is 590 g/mol. The van der Waals surface area contributed by atoms with E-state index in [-0.39, 0.29) is 30.3 Å². The van der Waals surface area contributed by atoms with Gasteiger partial charge < -0.3 is 24.8 Å². The largest absolute Gasteiger partial charge is 0.490 e. The van der Waals surface area contributed by atoms with Crippen LogP contribution in [0, 0.1) is 5.82 Å². The highest BCUT2D eigenvalue weighted by Crippen LogP contribution is 2.51. The lowest BCUT2D eigenvalue weighted by atomic mass is 10.1. The molecule has 12 nitrogen and oxygen atoms in total. The van der Waals surface area contributed by atoms with Crippen LogP contribution in [0.4, 0.5) is 14.6 Å². The lowest BCUT2D eigenvalue weighted by Crippen LogP contribution is -2.37. The lowest BCUT2D eigenvalue weighted by molar-refractivity contribution is -0.149. The smallest absolute Gasteiger partial charge is 0.459 e. The molecule has 39 heavy (non-hydrogen) atoms. The van der Waals surface area contributed by atoms with E-state index in [1.54, 1.807) is 13.8 Å². The van der Waals surface area contributed by atoms with E-state index in [1.807, 2.05) is 0 Å². The number of fused-ring (bicyclic) bond motifs is 1. The Morgan fingerprint density at radius 3 is 2.82 bits per heavy atom. The highest BCUT2D eigenvalue weighted by atomic mass is 32.2. The molecular formula is C23H29F2N4O8PS. The summed E-state index contributed by atoms with van der Waals surface area (Å²) in [5.41, 5.74) is 5.02. The van der Waals surface area contributed by atoms with Crippen LogP contribution in [0.25, 0.3) is 0 Å². The summed E-state index contributed by atoms with van der Waals surface area (Å²) in [4.78, 5) is 28.2. The second-order valence-corrected chi connectivity index (χ2v) is 12.3. The Bertz CT molecular complexity index is 1330. The number of nitrogens with one attached hydrogen (secondary N) is 1. The van der Waals surface area contributed by atoms with Crippen molar-refractivity contribution in [2.24, 2.45) is 0 Å². The molecule has 16 heteroatoms. The standard InChI is InChI=1S/C23H29F2N4O8PS/c1-11(2)36-22(31)12(3)28-38(33,37-15-5-4-14(24)20-13(15)7-9-34-20)35-10-16-19(30)18(25)21(39-16)29-8-6-17(26)27-23(29)32/h4-6,8,11-12,16,18-19,21,30H,7,9-10H2,1-3H3,(H,28,33)(H2,26,27,32)/t12-,16?,18-,19+,21+,38?/m0/s1. The quantitative estimate of drug-likeness (QED) is 0.274. The Labute approximate surface area is 226 Å². The zero-order valence-corrected chi connectivity index (χ0v) is 23.0. The average Bonchev–Trinajstić information content (AvgIpc) is 3.46. The van der Waals surface area contributed by atoms with Gasteiger partial charge in [0.2, 0.25) is 0 Å². The van der Waals surface area contributed by atoms with Crippen molar-refractivity contribution in [1.29, 1.82) is 0 Å². The second kappa shape index (κ2) is 11.8. The van der Waals surface area contributed by atoms with E-state index in [4.69, 9.17) is 24.3 Å². The van der Waals surface area contributed by atoms with Crippen LogP contribution in [0.1, 0.15) is 31.7 Å². The van der Waals surface area contributed by atoms with Gasteiger partial charge in [-0.2, -0.15) is 10.1 Å². The van der Waals surface area contributed by atoms with Crippen molar-refractivity contribution in [3.63, 3.8) is 0 Å². The van der Waals surface area contributed by atoms with Crippen LogP contribution in [0.2, 0.25) is 0 Å². The highest BCUT2D eigenvalue weighted by Gasteiger charge is 2.47. The van der Waals surface area contributed by atoms with E-state index in [1.165, 1.54) is 25.3 Å². The molecule has 6 atom stereocenters. The summed E-state index contributed by atoms with van der Waals surface area (Å²) in [6, 6.07) is 2.49. The number of rotatable bonds is 10. The van der Waals surface area contributed by atoms with Crippen LogP contribution in [-0.2, 0) is 25.0 Å². The van der Waals surface area contributed by atoms with Crippen LogP contribution in [0.5, 0.6) is 11.5 Å². The van der Waals surface area contributed by atoms with E-state index >= 15 is 4.39 Å². The van der Waals surface area contributed by atoms with Crippen molar-refractivity contribution in [2.75, 3.05) is 18.9 Å². The molecule has 1 aromatic heterocycles. The molecule has 0 saturated carbocycles. The van der Waals surface area contributed by atoms with Gasteiger partial charge in [0.1, 0.15) is 29.1 Å². The molecular weight excluding hydrogens is 561 g/mol. The summed E-state index contributed by atoms with van der Waals surface area (Å²) < 4.78 is 65.8. The number of carbonyl (C=O) groups excluding carboxylic acids is 1. The molecule has 2 aliphatic heterocycles. The fourth-order valence-corrected chi connectivity index (χ4v) is 7.08. The van der Waals surface area contributed by atoms with Crippen LogP contribution < -0.4 is 25.8 Å². The second-order valence-electron chi connectivity index (χ2n) is 9.21. The number of carbonyl (C=O) groups is 1. The fourth-order valence-electron chi connectivity index (χ4n) is 4.01. The highest BCUT2D eigenvalue weighted by molar-refractivity contribution is 8.00. The van der Waals surface area contributed by atoms with Crippen LogP contribution in [0.15, 0.2) is 29.2 Å². The molecule has 2 aliphatic rings. The Morgan fingerprint density at radius 2 is 2.13 bits per heavy atom. The molecule has 214 valence electrons. The molecule has 0 bridgehead atoms. The molecule has 2 aromatic rings. The number of nitrogens with zero attached hydrogens (tertiary/aromatic N) is 2. The van der Waals surface area contributed by atoms with E-state index < -0.39 is 66.9 Å². The van der Waals surface area contributed by atoms with Crippen molar-refractivity contribution in [3.05, 3.63) is 46.3 Å². The summed E-state index contributed by atoms with van der Waals surface area (Å²) in [5, 5.41) is 10.9. The van der Waals surface area contributed by atoms with Crippen molar-refractivity contribution >= 4 is 31.3 Å². The number of aliphatic hydroxyl groups is 1. The molecule has 4 rings (SSSR count). The number of hydrogen-bond donors (Lipinski definition) is 3. The Balaban J connectivity index is 1.55. The number of nitrogens with two attached hydrogens (primary N) is 1. The number of ether oxygens (including phenoxy) is 2. The maximum Gasteiger partial charge on any atom is 0.459 e. The van der Waals surface area contributed by atoms with Gasteiger partial charge in [0.25, 0.3) is 0 Å². The van der Waals surface area contributed by atoms with Crippen molar-refractivity contribution < 1.29 is 41.8 Å². The summed E-state index contributed by atoms with van der Waals surface area (Å²) in [6.45, 7) is 4.35. The molecule has 1 fully saturated rings. The topological polar surface area (TPSA) is 164 Å². The summed E-state index contributed by atoms with van der Waals surface area (Å²) in [5.74, 6) is -1.44. The molecule has 0 spiro atoms. The molecule has 0 amide bonds. The number of aliphatic hydroxyl groups excluding tert-OH is 1. The maximum atomic E-state index is 15.0. The maximum absolute atomic E-state index is 15.0. The Kier molecular flexibility index (Phi) is 8.86. The SMILES string of the molecule is CC(C)OC(=O)[C@H](C)NP(=O)(OCC1S[C@@H](n2ccc(N)nc2=O)[C@@H](F)[C@@H]1O)Oc1ccc(F)c2c1CCO2. The number of aromatic nitrogens is 2. The normalized spacial score (nSPS) is 24.6. The lowest BCUT2D eigenvalue weighted by Gasteiger charge is -2.25. The van der Waals surface area contributed by atoms with Gasteiger partial charge >= 0.3 is 19.4 Å². The summed E-state index contributed by atoms with van der Waals surface area (Å²) in [7, 11) is -4.42. The molecule has 2 unspecified atom stereocenters. The minimum atomic E-state index is -4.42. The first-order chi connectivity index (χ1) is 18.4. The van der Waals surface area contributed by atoms with E-state index in [2.05, 4.69) is 10.1 Å². The van der Waals surface area contributed by atoms with Gasteiger partial charge in [0.05, 0.1) is 24.6 Å². The Morgan fingerprint density at radius 1 is 1.38 bits per heavy atom. The van der Waals surface area contributed by atoms with Crippen LogP contribution in [0.3, 0.4) is 0 Å². The predicted molar refractivity (Wildman–Crippen MR) is 138 cm³/mol. The molecule has 1 aromatic carbocycles. The number of halogens is 2.